The first kappa shape index (κ1) is 20.6. The number of aromatic nitrogens is 2. The van der Waals surface area contributed by atoms with Crippen LogP contribution in [0.15, 0.2) is 22.6 Å². The van der Waals surface area contributed by atoms with Crippen LogP contribution in [0.25, 0.3) is 0 Å². The smallest absolute Gasteiger partial charge is 0.289 e. The number of piperazine rings is 1. The summed E-state index contributed by atoms with van der Waals surface area (Å²) in [5, 5.41) is 0. The second-order valence-electron chi connectivity index (χ2n) is 7.00. The van der Waals surface area contributed by atoms with Gasteiger partial charge < -0.3 is 14.2 Å². The van der Waals surface area contributed by atoms with Crippen molar-refractivity contribution in [3.8, 4) is 0 Å². The predicted molar refractivity (Wildman–Crippen MR) is 105 cm³/mol. The lowest BCUT2D eigenvalue weighted by Crippen LogP contribution is -2.49. The summed E-state index contributed by atoms with van der Waals surface area (Å²) in [7, 11) is 0. The fraction of sp³-hybridized carbons (Fsp3) is 0.526. The first-order valence-corrected chi connectivity index (χ1v) is 10.3. The first-order chi connectivity index (χ1) is 13.3. The van der Waals surface area contributed by atoms with Crippen molar-refractivity contribution in [2.45, 2.75) is 38.2 Å². The molecule has 152 valence electrons. The Kier molecular flexibility index (Phi) is 6.53. The summed E-state index contributed by atoms with van der Waals surface area (Å²) in [6, 6.07) is 5.09. The van der Waals surface area contributed by atoms with Gasteiger partial charge in [-0.3, -0.25) is 4.79 Å². The number of carbonyl (C=O) groups is 1. The average molecular weight is 410 g/mol. The van der Waals surface area contributed by atoms with Crippen molar-refractivity contribution < 1.29 is 18.0 Å². The lowest BCUT2D eigenvalue weighted by atomic mass is 10.2. The molecular weight excluding hydrogens is 386 g/mol. The van der Waals surface area contributed by atoms with Crippen LogP contribution in [-0.2, 0) is 5.75 Å². The third-order valence-corrected chi connectivity index (χ3v) is 5.19. The van der Waals surface area contributed by atoms with Crippen LogP contribution in [0.3, 0.4) is 0 Å². The molecule has 2 aromatic rings. The Hall–Kier alpha value is -2.16. The molecule has 0 unspecified atom stereocenters. The minimum Gasteiger partial charge on any atom is -0.455 e. The summed E-state index contributed by atoms with van der Waals surface area (Å²) in [6.45, 7) is 8.49. The molecule has 3 heterocycles. The molecule has 0 aliphatic carbocycles. The number of hydrogen-bond acceptors (Lipinski definition) is 6. The quantitative estimate of drug-likeness (QED) is 0.719. The van der Waals surface area contributed by atoms with Crippen molar-refractivity contribution in [3.05, 3.63) is 41.2 Å². The van der Waals surface area contributed by atoms with Crippen LogP contribution in [0, 0.1) is 6.92 Å². The van der Waals surface area contributed by atoms with Gasteiger partial charge in [0.05, 0.1) is 5.75 Å². The molecular formula is C19H24F2N4O2S. The number of alkyl halides is 2. The molecule has 9 heteroatoms. The van der Waals surface area contributed by atoms with E-state index in [2.05, 4.69) is 28.7 Å². The van der Waals surface area contributed by atoms with Crippen LogP contribution >= 0.6 is 11.8 Å². The molecule has 28 heavy (non-hydrogen) atoms. The molecule has 0 spiro atoms. The number of carbonyl (C=O) groups excluding carboxylic acids is 1. The first-order valence-electron chi connectivity index (χ1n) is 9.21. The minimum atomic E-state index is -2.46. The van der Waals surface area contributed by atoms with Gasteiger partial charge >= 0.3 is 0 Å². The number of halogens is 2. The topological polar surface area (TPSA) is 62.5 Å². The van der Waals surface area contributed by atoms with E-state index in [0.717, 1.165) is 17.3 Å². The van der Waals surface area contributed by atoms with Gasteiger partial charge in [0.15, 0.2) is 5.76 Å². The van der Waals surface area contributed by atoms with E-state index in [0.29, 0.717) is 43.7 Å². The Bertz CT molecular complexity index is 820. The van der Waals surface area contributed by atoms with E-state index in [1.165, 1.54) is 0 Å². The average Bonchev–Trinajstić information content (AvgIpc) is 3.14. The summed E-state index contributed by atoms with van der Waals surface area (Å²) in [5.74, 6) is -0.107. The molecule has 0 radical (unpaired) electrons. The number of amides is 1. The van der Waals surface area contributed by atoms with E-state index in [9.17, 15) is 13.6 Å². The molecule has 1 saturated heterocycles. The van der Waals surface area contributed by atoms with Gasteiger partial charge in [0, 0.05) is 43.9 Å². The van der Waals surface area contributed by atoms with E-state index in [1.54, 1.807) is 17.0 Å². The lowest BCUT2D eigenvalue weighted by Gasteiger charge is -2.35. The standard InChI is InChI=1S/C19H24F2N4O2S/c1-12(2)17-22-13(3)10-16(23-17)24-6-8-25(9-7-24)18(26)15-5-4-14(27-15)11-28-19(20)21/h4-5,10,12,19H,6-9,11H2,1-3H3. The van der Waals surface area contributed by atoms with Crippen LogP contribution in [0.1, 0.15) is 47.6 Å². The summed E-state index contributed by atoms with van der Waals surface area (Å²) < 4.78 is 30.0. The van der Waals surface area contributed by atoms with E-state index in [1.807, 2.05) is 13.0 Å². The zero-order valence-electron chi connectivity index (χ0n) is 16.2. The Morgan fingerprint density at radius 2 is 1.93 bits per heavy atom. The highest BCUT2D eigenvalue weighted by molar-refractivity contribution is 7.98. The molecule has 0 N–H and O–H groups in total. The number of thioether (sulfide) groups is 1. The third kappa shape index (κ3) is 5.01. The minimum absolute atomic E-state index is 0.0456. The van der Waals surface area contributed by atoms with E-state index in [-0.39, 0.29) is 23.3 Å². The SMILES string of the molecule is Cc1cc(N2CCN(C(=O)c3ccc(CSC(F)F)o3)CC2)nc(C(C)C)n1. The monoisotopic (exact) mass is 410 g/mol. The van der Waals surface area contributed by atoms with Crippen molar-refractivity contribution in [3.63, 3.8) is 0 Å². The number of hydrogen-bond donors (Lipinski definition) is 0. The Morgan fingerprint density at radius 3 is 2.57 bits per heavy atom. The van der Waals surface area contributed by atoms with Gasteiger partial charge in [0.2, 0.25) is 0 Å². The van der Waals surface area contributed by atoms with Crippen LogP contribution in [0.2, 0.25) is 0 Å². The third-order valence-electron chi connectivity index (χ3n) is 4.49. The van der Waals surface area contributed by atoms with E-state index < -0.39 is 5.76 Å². The largest absolute Gasteiger partial charge is 0.455 e. The zero-order valence-corrected chi connectivity index (χ0v) is 17.0. The number of rotatable bonds is 6. The van der Waals surface area contributed by atoms with E-state index in [4.69, 9.17) is 4.42 Å². The van der Waals surface area contributed by atoms with Crippen molar-refractivity contribution >= 4 is 23.5 Å². The second-order valence-corrected chi connectivity index (χ2v) is 7.98. The van der Waals surface area contributed by atoms with Crippen LogP contribution in [0.5, 0.6) is 0 Å². The maximum atomic E-state index is 12.6. The second kappa shape index (κ2) is 8.89. The van der Waals surface area contributed by atoms with Crippen molar-refractivity contribution in [2.75, 3.05) is 31.1 Å². The van der Waals surface area contributed by atoms with Crippen molar-refractivity contribution in [1.82, 2.24) is 14.9 Å². The zero-order chi connectivity index (χ0) is 20.3. The van der Waals surface area contributed by atoms with Gasteiger partial charge in [0.1, 0.15) is 17.4 Å². The fourth-order valence-electron chi connectivity index (χ4n) is 3.00. The highest BCUT2D eigenvalue weighted by Gasteiger charge is 2.25. The summed E-state index contributed by atoms with van der Waals surface area (Å²) >= 11 is 0.476. The lowest BCUT2D eigenvalue weighted by molar-refractivity contribution is 0.0713. The Morgan fingerprint density at radius 1 is 1.21 bits per heavy atom. The number of aryl methyl sites for hydroxylation is 1. The molecule has 1 fully saturated rings. The van der Waals surface area contributed by atoms with Crippen molar-refractivity contribution in [1.29, 1.82) is 0 Å². The summed E-state index contributed by atoms with van der Waals surface area (Å²) in [6.07, 6.45) is 0. The Balaban J connectivity index is 1.60. The highest BCUT2D eigenvalue weighted by Crippen LogP contribution is 2.23. The molecule has 0 atom stereocenters. The van der Waals surface area contributed by atoms with Crippen LogP contribution in [-0.4, -0.2) is 52.7 Å². The van der Waals surface area contributed by atoms with Gasteiger partial charge in [-0.2, -0.15) is 8.78 Å². The molecule has 3 rings (SSSR count). The molecule has 0 saturated carbocycles. The highest BCUT2D eigenvalue weighted by atomic mass is 32.2. The predicted octanol–water partition coefficient (Wildman–Crippen LogP) is 3.92. The molecule has 1 aliphatic heterocycles. The molecule has 1 aliphatic rings. The van der Waals surface area contributed by atoms with Crippen LogP contribution < -0.4 is 4.90 Å². The van der Waals surface area contributed by atoms with Gasteiger partial charge in [0.25, 0.3) is 11.7 Å². The fourth-order valence-corrected chi connectivity index (χ4v) is 3.45. The molecule has 0 bridgehead atoms. The van der Waals surface area contributed by atoms with Gasteiger partial charge in [-0.05, 0) is 19.1 Å². The van der Waals surface area contributed by atoms with Gasteiger partial charge in [-0.1, -0.05) is 25.6 Å². The van der Waals surface area contributed by atoms with Crippen LogP contribution in [0.4, 0.5) is 14.6 Å². The van der Waals surface area contributed by atoms with Crippen molar-refractivity contribution in [2.24, 2.45) is 0 Å². The summed E-state index contributed by atoms with van der Waals surface area (Å²) in [4.78, 5) is 25.6. The molecule has 2 aromatic heterocycles. The molecule has 0 aromatic carbocycles. The number of nitrogens with zero attached hydrogens (tertiary/aromatic N) is 4. The summed E-state index contributed by atoms with van der Waals surface area (Å²) in [5.41, 5.74) is 0.928. The normalized spacial score (nSPS) is 15.0. The van der Waals surface area contributed by atoms with E-state index >= 15 is 0 Å². The maximum Gasteiger partial charge on any atom is 0.289 e. The molecule has 1 amide bonds. The molecule has 6 nitrogen and oxygen atoms in total. The Labute approximate surface area is 167 Å². The number of anilines is 1. The van der Waals surface area contributed by atoms with Gasteiger partial charge in [-0.25, -0.2) is 9.97 Å². The maximum absolute atomic E-state index is 12.6. The van der Waals surface area contributed by atoms with Gasteiger partial charge in [-0.15, -0.1) is 0 Å². The number of furan rings is 1.